The maximum atomic E-state index is 5.84. The summed E-state index contributed by atoms with van der Waals surface area (Å²) in [5, 5.41) is 3.60. The fourth-order valence-electron chi connectivity index (χ4n) is 2.97. The lowest BCUT2D eigenvalue weighted by Crippen LogP contribution is -2.38. The highest BCUT2D eigenvalue weighted by Crippen LogP contribution is 2.55. The normalized spacial score (nSPS) is 28.1. The second-order valence-corrected chi connectivity index (χ2v) is 7.16. The fourth-order valence-corrected chi connectivity index (χ4v) is 3.15. The van der Waals surface area contributed by atoms with Crippen molar-refractivity contribution >= 4 is 23.1 Å². The van der Waals surface area contributed by atoms with Gasteiger partial charge in [0.1, 0.15) is 0 Å². The van der Waals surface area contributed by atoms with Crippen LogP contribution in [0.3, 0.4) is 0 Å². The van der Waals surface area contributed by atoms with E-state index in [1.54, 1.807) is 0 Å². The quantitative estimate of drug-likeness (QED) is 0.803. The average molecular weight is 291 g/mol. The van der Waals surface area contributed by atoms with Crippen molar-refractivity contribution < 1.29 is 4.74 Å². The van der Waals surface area contributed by atoms with Crippen LogP contribution in [0.25, 0.3) is 0 Å². The smallest absolute Gasteiger partial charge is 0.261 e. The van der Waals surface area contributed by atoms with E-state index in [4.69, 9.17) is 17.0 Å². The van der Waals surface area contributed by atoms with Crippen molar-refractivity contribution in [3.05, 3.63) is 30.3 Å². The Morgan fingerprint density at radius 2 is 1.95 bits per heavy atom. The minimum atomic E-state index is 0.189. The molecule has 0 aromatic heterocycles. The van der Waals surface area contributed by atoms with E-state index in [2.05, 4.69) is 33.0 Å². The molecule has 20 heavy (non-hydrogen) atoms. The second-order valence-electron chi connectivity index (χ2n) is 6.79. The number of para-hydroxylation sites is 1. The van der Waals surface area contributed by atoms with Crippen molar-refractivity contribution in [2.75, 3.05) is 11.9 Å². The van der Waals surface area contributed by atoms with E-state index in [-0.39, 0.29) is 10.8 Å². The van der Waals surface area contributed by atoms with Crippen LogP contribution in [0.1, 0.15) is 40.5 Å². The van der Waals surface area contributed by atoms with Crippen molar-refractivity contribution in [2.45, 2.75) is 40.5 Å². The van der Waals surface area contributed by atoms with Crippen molar-refractivity contribution in [2.24, 2.45) is 16.7 Å². The van der Waals surface area contributed by atoms with Crippen molar-refractivity contribution in [3.8, 4) is 0 Å². The van der Waals surface area contributed by atoms with E-state index in [1.807, 2.05) is 30.3 Å². The Balaban J connectivity index is 1.91. The molecular formula is C17H25NOS. The Bertz CT molecular complexity index is 471. The molecule has 0 spiro atoms. The van der Waals surface area contributed by atoms with Crippen LogP contribution in [-0.4, -0.2) is 11.8 Å². The minimum absolute atomic E-state index is 0.189. The van der Waals surface area contributed by atoms with Gasteiger partial charge in [-0.15, -0.1) is 0 Å². The van der Waals surface area contributed by atoms with Gasteiger partial charge in [0.2, 0.25) is 0 Å². The number of nitrogens with one attached hydrogen (secondary N) is 1. The average Bonchev–Trinajstić information content (AvgIpc) is 2.62. The van der Waals surface area contributed by atoms with Gasteiger partial charge in [-0.1, -0.05) is 45.9 Å². The number of thiocarbonyl (C=S) groups is 1. The molecule has 0 heterocycles. The van der Waals surface area contributed by atoms with Crippen LogP contribution in [0.15, 0.2) is 30.3 Å². The second kappa shape index (κ2) is 5.72. The van der Waals surface area contributed by atoms with E-state index in [0.29, 0.717) is 11.8 Å². The standard InChI is InChI=1S/C17H25NOS/c1-13-10-11-17(4,16(13,2)3)12-19-15(20)18-14-8-6-5-7-9-14/h5-9,13H,10-12H2,1-4H3,(H,18,20)/t13-,17+/m0/s1. The molecule has 2 rings (SSSR count). The Hall–Kier alpha value is -1.09. The first-order chi connectivity index (χ1) is 9.35. The molecule has 1 aromatic carbocycles. The maximum absolute atomic E-state index is 5.84. The molecule has 1 aliphatic rings. The van der Waals surface area contributed by atoms with Gasteiger partial charge in [0.15, 0.2) is 0 Å². The molecule has 1 aromatic rings. The molecule has 0 bridgehead atoms. The summed E-state index contributed by atoms with van der Waals surface area (Å²) in [4.78, 5) is 0. The third kappa shape index (κ3) is 2.98. The molecule has 0 unspecified atom stereocenters. The number of anilines is 1. The number of benzene rings is 1. The van der Waals surface area contributed by atoms with Crippen LogP contribution in [0.5, 0.6) is 0 Å². The molecule has 0 radical (unpaired) electrons. The van der Waals surface area contributed by atoms with Gasteiger partial charge in [0.05, 0.1) is 6.61 Å². The van der Waals surface area contributed by atoms with Crippen LogP contribution >= 0.6 is 12.2 Å². The Morgan fingerprint density at radius 3 is 2.50 bits per heavy atom. The Morgan fingerprint density at radius 1 is 1.30 bits per heavy atom. The molecule has 1 fully saturated rings. The topological polar surface area (TPSA) is 21.3 Å². The van der Waals surface area contributed by atoms with E-state index in [0.717, 1.165) is 11.6 Å². The number of ether oxygens (including phenoxy) is 1. The van der Waals surface area contributed by atoms with Gasteiger partial charge in [-0.25, -0.2) is 0 Å². The van der Waals surface area contributed by atoms with Gasteiger partial charge >= 0.3 is 0 Å². The molecule has 2 nitrogen and oxygen atoms in total. The fraction of sp³-hybridized carbons (Fsp3) is 0.588. The molecular weight excluding hydrogens is 266 g/mol. The number of hydrogen-bond acceptors (Lipinski definition) is 2. The molecule has 1 aliphatic carbocycles. The first-order valence-corrected chi connectivity index (χ1v) is 7.75. The zero-order valence-electron chi connectivity index (χ0n) is 12.9. The third-order valence-electron chi connectivity index (χ3n) is 5.46. The zero-order valence-corrected chi connectivity index (χ0v) is 13.7. The highest BCUT2D eigenvalue weighted by atomic mass is 32.1. The van der Waals surface area contributed by atoms with Crippen LogP contribution in [0, 0.1) is 16.7 Å². The Kier molecular flexibility index (Phi) is 4.38. The third-order valence-corrected chi connectivity index (χ3v) is 5.68. The minimum Gasteiger partial charge on any atom is -0.470 e. The lowest BCUT2D eigenvalue weighted by Gasteiger charge is -2.40. The summed E-state index contributed by atoms with van der Waals surface area (Å²) in [5.74, 6) is 0.728. The van der Waals surface area contributed by atoms with Crippen molar-refractivity contribution in [1.29, 1.82) is 0 Å². The summed E-state index contributed by atoms with van der Waals surface area (Å²) in [7, 11) is 0. The van der Waals surface area contributed by atoms with Crippen LogP contribution in [-0.2, 0) is 4.74 Å². The molecule has 110 valence electrons. The van der Waals surface area contributed by atoms with E-state index >= 15 is 0 Å². The molecule has 0 amide bonds. The maximum Gasteiger partial charge on any atom is 0.261 e. The molecule has 3 heteroatoms. The summed E-state index contributed by atoms with van der Waals surface area (Å²) in [6.07, 6.45) is 2.47. The van der Waals surface area contributed by atoms with Crippen molar-refractivity contribution in [3.63, 3.8) is 0 Å². The summed E-state index contributed by atoms with van der Waals surface area (Å²) >= 11 is 5.29. The van der Waals surface area contributed by atoms with Gasteiger partial charge in [-0.05, 0) is 48.5 Å². The molecule has 2 atom stereocenters. The number of rotatable bonds is 3. The summed E-state index contributed by atoms with van der Waals surface area (Å²) in [6, 6.07) is 9.92. The Labute approximate surface area is 127 Å². The number of hydrogen-bond donors (Lipinski definition) is 1. The molecule has 0 aliphatic heterocycles. The van der Waals surface area contributed by atoms with Crippen LogP contribution in [0.2, 0.25) is 0 Å². The SMILES string of the molecule is C[C@H]1CC[C@](C)(COC(=S)Nc2ccccc2)C1(C)C. The van der Waals surface area contributed by atoms with E-state index in [9.17, 15) is 0 Å². The molecule has 1 saturated carbocycles. The molecule has 1 N–H and O–H groups in total. The van der Waals surface area contributed by atoms with Gasteiger partial charge in [0.25, 0.3) is 5.17 Å². The highest BCUT2D eigenvalue weighted by molar-refractivity contribution is 7.80. The summed E-state index contributed by atoms with van der Waals surface area (Å²) < 4.78 is 5.84. The zero-order chi connectivity index (χ0) is 14.8. The van der Waals surface area contributed by atoms with Crippen LogP contribution < -0.4 is 5.32 Å². The van der Waals surface area contributed by atoms with Gasteiger partial charge < -0.3 is 10.1 Å². The van der Waals surface area contributed by atoms with Gasteiger partial charge in [-0.3, -0.25) is 0 Å². The summed E-state index contributed by atoms with van der Waals surface area (Å²) in [6.45, 7) is 10.0. The van der Waals surface area contributed by atoms with Crippen molar-refractivity contribution in [1.82, 2.24) is 0 Å². The lowest BCUT2D eigenvalue weighted by molar-refractivity contribution is 0.0370. The van der Waals surface area contributed by atoms with Crippen LogP contribution in [0.4, 0.5) is 5.69 Å². The predicted octanol–water partition coefficient (Wildman–Crippen LogP) is 4.86. The highest BCUT2D eigenvalue weighted by Gasteiger charge is 2.50. The van der Waals surface area contributed by atoms with E-state index < -0.39 is 0 Å². The van der Waals surface area contributed by atoms with Gasteiger partial charge in [0, 0.05) is 11.1 Å². The van der Waals surface area contributed by atoms with E-state index in [1.165, 1.54) is 12.8 Å². The monoisotopic (exact) mass is 291 g/mol. The molecule has 0 saturated heterocycles. The lowest BCUT2D eigenvalue weighted by atomic mass is 9.66. The largest absolute Gasteiger partial charge is 0.470 e. The van der Waals surface area contributed by atoms with Gasteiger partial charge in [-0.2, -0.15) is 0 Å². The summed E-state index contributed by atoms with van der Waals surface area (Å²) in [5.41, 5.74) is 1.45. The first kappa shape index (κ1) is 15.3. The predicted molar refractivity (Wildman–Crippen MR) is 88.9 cm³/mol. The first-order valence-electron chi connectivity index (χ1n) is 7.34.